The summed E-state index contributed by atoms with van der Waals surface area (Å²) in [6, 6.07) is 2.50. The molecule has 1 aliphatic heterocycles. The first-order chi connectivity index (χ1) is 7.24. The normalized spacial score (nSPS) is 17.6. The summed E-state index contributed by atoms with van der Waals surface area (Å²) in [6.07, 6.45) is 2.51. The van der Waals surface area contributed by atoms with Gasteiger partial charge < -0.3 is 11.1 Å². The van der Waals surface area contributed by atoms with Crippen LogP contribution < -0.4 is 11.1 Å². The number of piperidine rings is 1. The minimum absolute atomic E-state index is 0.270. The van der Waals surface area contributed by atoms with Gasteiger partial charge in [-0.3, -0.25) is 9.69 Å². The van der Waals surface area contributed by atoms with Crippen LogP contribution in [0.4, 0.5) is 0 Å². The van der Waals surface area contributed by atoms with Crippen molar-refractivity contribution in [3.05, 3.63) is 0 Å². The molecule has 0 aromatic carbocycles. The molecule has 15 heavy (non-hydrogen) atoms. The molecule has 0 aliphatic carbocycles. The third-order valence-corrected chi connectivity index (χ3v) is 2.69. The number of amides is 1. The van der Waals surface area contributed by atoms with Crippen molar-refractivity contribution in [1.29, 1.82) is 5.26 Å². The van der Waals surface area contributed by atoms with Crippen molar-refractivity contribution in [2.45, 2.75) is 25.3 Å². The van der Waals surface area contributed by atoms with Crippen LogP contribution in [0, 0.1) is 11.3 Å². The molecule has 1 aliphatic rings. The third kappa shape index (κ3) is 4.28. The SMILES string of the molecule is N#CCCN(CC(N)=O)C1CCNCC1. The van der Waals surface area contributed by atoms with Crippen LogP contribution >= 0.6 is 0 Å². The maximum absolute atomic E-state index is 10.9. The number of nitrogens with one attached hydrogen (secondary N) is 1. The average Bonchev–Trinajstić information content (AvgIpc) is 2.25. The van der Waals surface area contributed by atoms with Gasteiger partial charge in [-0.1, -0.05) is 0 Å². The van der Waals surface area contributed by atoms with E-state index in [0.717, 1.165) is 25.9 Å². The summed E-state index contributed by atoms with van der Waals surface area (Å²) in [5.41, 5.74) is 5.19. The van der Waals surface area contributed by atoms with Crippen LogP contribution in [0.1, 0.15) is 19.3 Å². The molecular weight excluding hydrogens is 192 g/mol. The van der Waals surface area contributed by atoms with Crippen molar-refractivity contribution in [2.75, 3.05) is 26.2 Å². The van der Waals surface area contributed by atoms with Gasteiger partial charge in [-0.25, -0.2) is 0 Å². The Morgan fingerprint density at radius 1 is 1.53 bits per heavy atom. The van der Waals surface area contributed by atoms with Gasteiger partial charge in [0.15, 0.2) is 0 Å². The highest BCUT2D eigenvalue weighted by molar-refractivity contribution is 5.75. The topological polar surface area (TPSA) is 82.2 Å². The molecule has 3 N–H and O–H groups in total. The van der Waals surface area contributed by atoms with Gasteiger partial charge >= 0.3 is 0 Å². The summed E-state index contributed by atoms with van der Waals surface area (Å²) in [5.74, 6) is -0.313. The smallest absolute Gasteiger partial charge is 0.231 e. The first-order valence-electron chi connectivity index (χ1n) is 5.34. The average molecular weight is 210 g/mol. The van der Waals surface area contributed by atoms with Crippen molar-refractivity contribution in [3.8, 4) is 6.07 Å². The van der Waals surface area contributed by atoms with E-state index < -0.39 is 0 Å². The second-order valence-electron chi connectivity index (χ2n) is 3.83. The Morgan fingerprint density at radius 2 is 2.20 bits per heavy atom. The number of primary amides is 1. The molecule has 0 saturated carbocycles. The molecular formula is C10H18N4O. The van der Waals surface area contributed by atoms with Crippen LogP contribution in [0.2, 0.25) is 0 Å². The Morgan fingerprint density at radius 3 is 2.73 bits per heavy atom. The van der Waals surface area contributed by atoms with Gasteiger partial charge in [0, 0.05) is 19.0 Å². The maximum Gasteiger partial charge on any atom is 0.231 e. The Balaban J connectivity index is 2.45. The van der Waals surface area contributed by atoms with Gasteiger partial charge in [0.1, 0.15) is 0 Å². The Labute approximate surface area is 90.2 Å². The molecule has 0 radical (unpaired) electrons. The van der Waals surface area contributed by atoms with E-state index in [-0.39, 0.29) is 12.5 Å². The number of hydrogen-bond acceptors (Lipinski definition) is 4. The molecule has 0 unspecified atom stereocenters. The highest BCUT2D eigenvalue weighted by Gasteiger charge is 2.21. The summed E-state index contributed by atoms with van der Waals surface area (Å²) in [6.45, 7) is 2.87. The molecule has 1 amide bonds. The zero-order chi connectivity index (χ0) is 11.1. The second-order valence-corrected chi connectivity index (χ2v) is 3.83. The fraction of sp³-hybridized carbons (Fsp3) is 0.800. The predicted molar refractivity (Wildman–Crippen MR) is 56.9 cm³/mol. The molecule has 1 fully saturated rings. The zero-order valence-electron chi connectivity index (χ0n) is 8.91. The molecule has 0 aromatic heterocycles. The molecule has 5 heteroatoms. The van der Waals surface area contributed by atoms with E-state index >= 15 is 0 Å². The fourth-order valence-corrected chi connectivity index (χ4v) is 1.96. The lowest BCUT2D eigenvalue weighted by molar-refractivity contribution is -0.119. The van der Waals surface area contributed by atoms with Crippen molar-refractivity contribution in [2.24, 2.45) is 5.73 Å². The summed E-state index contributed by atoms with van der Waals surface area (Å²) in [4.78, 5) is 12.9. The molecule has 1 heterocycles. The number of carbonyl (C=O) groups is 1. The number of nitrogens with zero attached hydrogens (tertiary/aromatic N) is 2. The van der Waals surface area contributed by atoms with Crippen molar-refractivity contribution in [3.63, 3.8) is 0 Å². The van der Waals surface area contributed by atoms with E-state index in [1.165, 1.54) is 0 Å². The van der Waals surface area contributed by atoms with Gasteiger partial charge in [0.05, 0.1) is 12.6 Å². The Kier molecular flexibility index (Phi) is 5.08. The minimum atomic E-state index is -0.313. The summed E-state index contributed by atoms with van der Waals surface area (Å²) in [5, 5.41) is 11.8. The predicted octanol–water partition coefficient (Wildman–Crippen LogP) is -0.561. The first-order valence-corrected chi connectivity index (χ1v) is 5.34. The van der Waals surface area contributed by atoms with E-state index in [0.29, 0.717) is 19.0 Å². The minimum Gasteiger partial charge on any atom is -0.369 e. The lowest BCUT2D eigenvalue weighted by Crippen LogP contribution is -2.46. The van der Waals surface area contributed by atoms with Gasteiger partial charge in [0.2, 0.25) is 5.91 Å². The van der Waals surface area contributed by atoms with Crippen LogP contribution in [0.25, 0.3) is 0 Å². The van der Waals surface area contributed by atoms with E-state index in [1.54, 1.807) is 0 Å². The van der Waals surface area contributed by atoms with E-state index in [1.807, 2.05) is 4.90 Å². The molecule has 5 nitrogen and oxygen atoms in total. The van der Waals surface area contributed by atoms with Crippen molar-refractivity contribution in [1.82, 2.24) is 10.2 Å². The van der Waals surface area contributed by atoms with Gasteiger partial charge in [0.25, 0.3) is 0 Å². The van der Waals surface area contributed by atoms with Crippen LogP contribution in [-0.2, 0) is 4.79 Å². The Hall–Kier alpha value is -1.12. The van der Waals surface area contributed by atoms with Gasteiger partial charge in [-0.2, -0.15) is 5.26 Å². The Bertz CT molecular complexity index is 242. The van der Waals surface area contributed by atoms with Crippen LogP contribution in [0.5, 0.6) is 0 Å². The van der Waals surface area contributed by atoms with Crippen molar-refractivity contribution < 1.29 is 4.79 Å². The standard InChI is InChI=1S/C10H18N4O/c11-4-1-7-14(8-10(12)15)9-2-5-13-6-3-9/h9,13H,1-3,5-8H2,(H2,12,15). The highest BCUT2D eigenvalue weighted by atomic mass is 16.1. The number of nitriles is 1. The summed E-state index contributed by atoms with van der Waals surface area (Å²) >= 11 is 0. The number of nitrogens with two attached hydrogens (primary N) is 1. The molecule has 1 saturated heterocycles. The van der Waals surface area contributed by atoms with Gasteiger partial charge in [-0.05, 0) is 25.9 Å². The number of rotatable bonds is 5. The van der Waals surface area contributed by atoms with Gasteiger partial charge in [-0.15, -0.1) is 0 Å². The first kappa shape index (κ1) is 12.0. The van der Waals surface area contributed by atoms with Crippen LogP contribution in [0.15, 0.2) is 0 Å². The van der Waals surface area contributed by atoms with E-state index in [9.17, 15) is 4.79 Å². The number of carbonyl (C=O) groups excluding carboxylic acids is 1. The second kappa shape index (κ2) is 6.38. The molecule has 0 atom stereocenters. The lowest BCUT2D eigenvalue weighted by atomic mass is 10.0. The summed E-state index contributed by atoms with van der Waals surface area (Å²) in [7, 11) is 0. The van der Waals surface area contributed by atoms with Crippen LogP contribution in [0.3, 0.4) is 0 Å². The fourth-order valence-electron chi connectivity index (χ4n) is 1.96. The van der Waals surface area contributed by atoms with E-state index in [2.05, 4.69) is 11.4 Å². The number of hydrogen-bond donors (Lipinski definition) is 2. The lowest BCUT2D eigenvalue weighted by Gasteiger charge is -2.33. The summed E-state index contributed by atoms with van der Waals surface area (Å²) < 4.78 is 0. The molecule has 1 rings (SSSR count). The molecule has 0 bridgehead atoms. The zero-order valence-corrected chi connectivity index (χ0v) is 8.91. The van der Waals surface area contributed by atoms with Crippen molar-refractivity contribution >= 4 is 5.91 Å². The third-order valence-electron chi connectivity index (χ3n) is 2.69. The molecule has 0 spiro atoms. The molecule has 84 valence electrons. The van der Waals surface area contributed by atoms with E-state index in [4.69, 9.17) is 11.0 Å². The highest BCUT2D eigenvalue weighted by Crippen LogP contribution is 2.11. The van der Waals surface area contributed by atoms with Crippen LogP contribution in [-0.4, -0.2) is 43.0 Å². The quantitative estimate of drug-likeness (QED) is 0.637. The monoisotopic (exact) mass is 210 g/mol. The maximum atomic E-state index is 10.9. The molecule has 0 aromatic rings. The largest absolute Gasteiger partial charge is 0.369 e.